The predicted molar refractivity (Wildman–Crippen MR) is 154 cm³/mol. The molecule has 0 bridgehead atoms. The number of benzene rings is 4. The highest BCUT2D eigenvalue weighted by Gasteiger charge is 2.31. The average Bonchev–Trinajstić information content (AvgIpc) is 3.04. The standard InChI is InChI=1S/C34H33N2O5/c1-38-24-32(41-35)29-22-30(39-33(25-14-6-2-7-15-25)26-16-8-3-9-17-26)31(23-36(29)37)40-34(27-18-10-4-11-19-27)28-20-12-5-13-21-28/h2-23,32-34,37H,24,35H2,1H3/q+1. The minimum Gasteiger partial charge on any atom is -0.477 e. The molecule has 1 aromatic heterocycles. The molecule has 0 saturated heterocycles. The van der Waals surface area contributed by atoms with Crippen LogP contribution in [-0.4, -0.2) is 18.9 Å². The van der Waals surface area contributed by atoms with Crippen LogP contribution >= 0.6 is 0 Å². The number of hydrogen-bond acceptors (Lipinski definition) is 6. The maximum absolute atomic E-state index is 11.1. The van der Waals surface area contributed by atoms with Crippen molar-refractivity contribution >= 4 is 0 Å². The van der Waals surface area contributed by atoms with Crippen LogP contribution in [0.1, 0.15) is 46.3 Å². The van der Waals surface area contributed by atoms with Gasteiger partial charge >= 0.3 is 0 Å². The molecule has 208 valence electrons. The average molecular weight is 550 g/mol. The molecule has 1 heterocycles. The van der Waals surface area contributed by atoms with Crippen LogP contribution < -0.4 is 20.1 Å². The Hall–Kier alpha value is -4.69. The van der Waals surface area contributed by atoms with Gasteiger partial charge < -0.3 is 14.2 Å². The molecule has 0 aliphatic carbocycles. The number of pyridine rings is 1. The molecular weight excluding hydrogens is 516 g/mol. The molecule has 3 N–H and O–H groups in total. The Morgan fingerprint density at radius 2 is 1.02 bits per heavy atom. The zero-order valence-electron chi connectivity index (χ0n) is 22.7. The molecule has 0 spiro atoms. The zero-order chi connectivity index (χ0) is 28.4. The van der Waals surface area contributed by atoms with Gasteiger partial charge in [0.2, 0.25) is 5.75 Å². The summed E-state index contributed by atoms with van der Waals surface area (Å²) in [4.78, 5) is 5.14. The molecule has 0 radical (unpaired) electrons. The number of hydrogen-bond donors (Lipinski definition) is 2. The maximum atomic E-state index is 11.1. The molecule has 0 saturated carbocycles. The minimum absolute atomic E-state index is 0.119. The highest BCUT2D eigenvalue weighted by Crippen LogP contribution is 2.38. The van der Waals surface area contributed by atoms with E-state index >= 15 is 0 Å². The smallest absolute Gasteiger partial charge is 0.271 e. The second-order valence-electron chi connectivity index (χ2n) is 9.49. The van der Waals surface area contributed by atoms with E-state index in [2.05, 4.69) is 0 Å². The minimum atomic E-state index is -0.757. The number of aromatic nitrogens is 1. The van der Waals surface area contributed by atoms with Gasteiger partial charge in [0.25, 0.3) is 11.9 Å². The molecule has 41 heavy (non-hydrogen) atoms. The summed E-state index contributed by atoms with van der Waals surface area (Å²) in [6.45, 7) is 0.119. The van der Waals surface area contributed by atoms with Crippen LogP contribution in [0.5, 0.6) is 11.5 Å². The van der Waals surface area contributed by atoms with Crippen LogP contribution in [0.15, 0.2) is 134 Å². The van der Waals surface area contributed by atoms with Gasteiger partial charge in [-0.25, -0.2) is 5.90 Å². The molecule has 7 nitrogen and oxygen atoms in total. The molecular formula is C34H33N2O5+. The largest absolute Gasteiger partial charge is 0.477 e. The molecule has 1 atom stereocenters. The van der Waals surface area contributed by atoms with Crippen molar-refractivity contribution in [3.05, 3.63) is 162 Å². The fourth-order valence-electron chi connectivity index (χ4n) is 4.71. The summed E-state index contributed by atoms with van der Waals surface area (Å²) in [7, 11) is 1.54. The Balaban J connectivity index is 1.63. The monoisotopic (exact) mass is 549 g/mol. The lowest BCUT2D eigenvalue weighted by molar-refractivity contribution is -0.911. The van der Waals surface area contributed by atoms with Crippen molar-refractivity contribution in [2.45, 2.75) is 18.3 Å². The van der Waals surface area contributed by atoms with E-state index in [0.717, 1.165) is 27.0 Å². The summed E-state index contributed by atoms with van der Waals surface area (Å²) < 4.78 is 19.7. The molecule has 0 aliphatic rings. The number of nitrogens with two attached hydrogens (primary N) is 1. The Labute approximate surface area is 239 Å². The van der Waals surface area contributed by atoms with Crippen molar-refractivity contribution in [1.82, 2.24) is 0 Å². The lowest BCUT2D eigenvalue weighted by Crippen LogP contribution is -2.39. The van der Waals surface area contributed by atoms with Gasteiger partial charge in [-0.05, 0) is 22.3 Å². The van der Waals surface area contributed by atoms with E-state index in [1.54, 1.807) is 6.07 Å². The van der Waals surface area contributed by atoms with E-state index in [-0.39, 0.29) is 6.61 Å². The zero-order valence-corrected chi connectivity index (χ0v) is 22.7. The molecule has 0 amide bonds. The van der Waals surface area contributed by atoms with E-state index in [1.165, 1.54) is 13.3 Å². The van der Waals surface area contributed by atoms with Crippen LogP contribution in [0.3, 0.4) is 0 Å². The van der Waals surface area contributed by atoms with E-state index in [9.17, 15) is 5.21 Å². The Kier molecular flexibility index (Phi) is 9.23. The Morgan fingerprint density at radius 3 is 1.39 bits per heavy atom. The highest BCUT2D eigenvalue weighted by atomic mass is 16.6. The lowest BCUT2D eigenvalue weighted by Gasteiger charge is -2.24. The second kappa shape index (κ2) is 13.6. The fraction of sp³-hybridized carbons (Fsp3) is 0.147. The molecule has 5 aromatic rings. The van der Waals surface area contributed by atoms with Crippen molar-refractivity contribution in [3.63, 3.8) is 0 Å². The van der Waals surface area contributed by atoms with Crippen LogP contribution in [0, 0.1) is 0 Å². The quantitative estimate of drug-likeness (QED) is 0.111. The van der Waals surface area contributed by atoms with Gasteiger partial charge in [-0.1, -0.05) is 121 Å². The summed E-state index contributed by atoms with van der Waals surface area (Å²) >= 11 is 0. The van der Waals surface area contributed by atoms with Crippen molar-refractivity contribution in [2.24, 2.45) is 5.90 Å². The number of nitrogens with zero attached hydrogens (tertiary/aromatic N) is 1. The van der Waals surface area contributed by atoms with Gasteiger partial charge in [-0.3, -0.25) is 10.0 Å². The third-order valence-corrected chi connectivity index (χ3v) is 6.74. The third-order valence-electron chi connectivity index (χ3n) is 6.74. The van der Waals surface area contributed by atoms with Crippen molar-refractivity contribution in [3.8, 4) is 11.5 Å². The van der Waals surface area contributed by atoms with Crippen LogP contribution in [0.4, 0.5) is 0 Å². The van der Waals surface area contributed by atoms with Crippen molar-refractivity contribution in [1.29, 1.82) is 0 Å². The summed E-state index contributed by atoms with van der Waals surface area (Å²) in [5, 5.41) is 11.1. The molecule has 0 aliphatic heterocycles. The van der Waals surface area contributed by atoms with Gasteiger partial charge in [-0.15, -0.1) is 0 Å². The van der Waals surface area contributed by atoms with E-state index < -0.39 is 18.3 Å². The fourth-order valence-corrected chi connectivity index (χ4v) is 4.71. The van der Waals surface area contributed by atoms with Crippen LogP contribution in [0.25, 0.3) is 0 Å². The van der Waals surface area contributed by atoms with Gasteiger partial charge in [0.05, 0.1) is 12.7 Å². The number of ether oxygens (including phenoxy) is 3. The first-order chi connectivity index (χ1) is 20.2. The normalized spacial score (nSPS) is 11.9. The van der Waals surface area contributed by atoms with Crippen LogP contribution in [-0.2, 0) is 9.57 Å². The van der Waals surface area contributed by atoms with Gasteiger partial charge in [0.1, 0.15) is 12.2 Å². The van der Waals surface area contributed by atoms with Crippen LogP contribution in [0.2, 0.25) is 0 Å². The number of rotatable bonds is 12. The molecule has 7 heteroatoms. The van der Waals surface area contributed by atoms with Gasteiger partial charge in [-0.2, -0.15) is 0 Å². The highest BCUT2D eigenvalue weighted by molar-refractivity contribution is 5.42. The van der Waals surface area contributed by atoms with E-state index in [1.807, 2.05) is 121 Å². The van der Waals surface area contributed by atoms with Crippen molar-refractivity contribution < 1.29 is 29.0 Å². The predicted octanol–water partition coefficient (Wildman–Crippen LogP) is 6.13. The lowest BCUT2D eigenvalue weighted by atomic mass is 10.0. The summed E-state index contributed by atoms with van der Waals surface area (Å²) in [5.74, 6) is 6.32. The Bertz CT molecular complexity index is 1420. The topological polar surface area (TPSA) is 87.1 Å². The molecule has 1 unspecified atom stereocenters. The number of methoxy groups -OCH3 is 1. The third kappa shape index (κ3) is 6.73. The maximum Gasteiger partial charge on any atom is 0.271 e. The van der Waals surface area contributed by atoms with Gasteiger partial charge in [0.15, 0.2) is 11.9 Å². The summed E-state index contributed by atoms with van der Waals surface area (Å²) in [6.07, 6.45) is -0.225. The SMILES string of the molecule is COCC(ON)c1cc(OC(c2ccccc2)c2ccccc2)c(OC(c2ccccc2)c2ccccc2)c[n+]1O. The molecule has 5 rings (SSSR count). The van der Waals surface area contributed by atoms with E-state index in [0.29, 0.717) is 17.2 Å². The first-order valence-electron chi connectivity index (χ1n) is 13.3. The Morgan fingerprint density at radius 1 is 0.634 bits per heavy atom. The summed E-state index contributed by atoms with van der Waals surface area (Å²) in [6, 6.07) is 41.4. The van der Waals surface area contributed by atoms with Crippen molar-refractivity contribution in [2.75, 3.05) is 13.7 Å². The van der Waals surface area contributed by atoms with Gasteiger partial charge in [0, 0.05) is 11.8 Å². The first kappa shape index (κ1) is 27.9. The summed E-state index contributed by atoms with van der Waals surface area (Å²) in [5.41, 5.74) is 4.15. The molecule has 4 aromatic carbocycles. The second-order valence-corrected chi connectivity index (χ2v) is 9.49. The molecule has 0 fully saturated rings. The first-order valence-corrected chi connectivity index (χ1v) is 13.3. The van der Waals surface area contributed by atoms with E-state index in [4.69, 9.17) is 24.9 Å².